The van der Waals surface area contributed by atoms with E-state index in [9.17, 15) is 0 Å². The smallest absolute Gasteiger partial charge is 0.00460 e. The topological polar surface area (TPSA) is 0 Å². The Morgan fingerprint density at radius 1 is 0.727 bits per heavy atom. The van der Waals surface area contributed by atoms with Crippen molar-refractivity contribution in [3.05, 3.63) is 0 Å². The molecule has 0 bridgehead atoms. The highest BCUT2D eigenvalue weighted by molar-refractivity contribution is 7.80. The molecule has 22 heavy (non-hydrogen) atoms. The van der Waals surface area contributed by atoms with Crippen LogP contribution in [-0.4, -0.2) is 4.86 Å². The molecule has 1 atom stereocenters. The van der Waals surface area contributed by atoms with E-state index in [0.717, 1.165) is 18.3 Å². The van der Waals surface area contributed by atoms with Crippen LogP contribution in [-0.2, 0) is 0 Å². The van der Waals surface area contributed by atoms with Crippen LogP contribution in [0.4, 0.5) is 0 Å². The van der Waals surface area contributed by atoms with Gasteiger partial charge < -0.3 is 0 Å². The lowest BCUT2D eigenvalue weighted by Gasteiger charge is -2.25. The molecule has 0 saturated carbocycles. The summed E-state index contributed by atoms with van der Waals surface area (Å²) in [6.07, 6.45) is 16.6. The van der Waals surface area contributed by atoms with E-state index in [1.165, 1.54) is 75.5 Å². The van der Waals surface area contributed by atoms with Gasteiger partial charge in [0.25, 0.3) is 0 Å². The minimum absolute atomic E-state index is 0.578. The van der Waals surface area contributed by atoms with Crippen molar-refractivity contribution in [2.45, 2.75) is 112 Å². The second-order valence-corrected chi connectivity index (χ2v) is 8.12. The fourth-order valence-corrected chi connectivity index (χ4v) is 3.39. The van der Waals surface area contributed by atoms with Gasteiger partial charge in [0.15, 0.2) is 0 Å². The summed E-state index contributed by atoms with van der Waals surface area (Å²) in [5.74, 6) is 2.36. The second kappa shape index (κ2) is 14.7. The summed E-state index contributed by atoms with van der Waals surface area (Å²) in [4.78, 5) is 1.28. The first-order chi connectivity index (χ1) is 10.5. The van der Waals surface area contributed by atoms with Crippen molar-refractivity contribution < 1.29 is 0 Å². The molecule has 0 aliphatic rings. The molecule has 0 fully saturated rings. The van der Waals surface area contributed by atoms with Crippen molar-refractivity contribution in [3.8, 4) is 0 Å². The maximum absolute atomic E-state index is 5.53. The lowest BCUT2D eigenvalue weighted by Crippen LogP contribution is -2.15. The number of thiocarbonyl (C=S) groups is 1. The Labute approximate surface area is 146 Å². The maximum atomic E-state index is 5.53. The van der Waals surface area contributed by atoms with Gasteiger partial charge in [-0.25, -0.2) is 0 Å². The van der Waals surface area contributed by atoms with Crippen LogP contribution in [0.15, 0.2) is 0 Å². The third-order valence-electron chi connectivity index (χ3n) is 5.15. The fraction of sp³-hybridized carbons (Fsp3) is 0.952. The van der Waals surface area contributed by atoms with E-state index in [2.05, 4.69) is 34.6 Å². The van der Waals surface area contributed by atoms with E-state index in [1.54, 1.807) is 0 Å². The molecule has 0 unspecified atom stereocenters. The first kappa shape index (κ1) is 22.1. The van der Waals surface area contributed by atoms with Gasteiger partial charge in [-0.1, -0.05) is 111 Å². The van der Waals surface area contributed by atoms with E-state index in [1.807, 2.05) is 0 Å². The Kier molecular flexibility index (Phi) is 14.7. The molecule has 0 aromatic rings. The lowest BCUT2D eigenvalue weighted by atomic mass is 9.81. The zero-order valence-electron chi connectivity index (χ0n) is 16.1. The molecule has 0 aromatic heterocycles. The van der Waals surface area contributed by atoms with E-state index >= 15 is 0 Å². The third kappa shape index (κ3) is 11.6. The van der Waals surface area contributed by atoms with Gasteiger partial charge >= 0.3 is 0 Å². The van der Waals surface area contributed by atoms with Crippen molar-refractivity contribution >= 4 is 17.1 Å². The van der Waals surface area contributed by atoms with Crippen molar-refractivity contribution in [1.29, 1.82) is 0 Å². The van der Waals surface area contributed by atoms with Gasteiger partial charge in [-0.05, 0) is 35.5 Å². The summed E-state index contributed by atoms with van der Waals surface area (Å²) in [6.45, 7) is 11.6. The Bertz CT molecular complexity index is 245. The van der Waals surface area contributed by atoms with Crippen LogP contribution in [0.5, 0.6) is 0 Å². The summed E-state index contributed by atoms with van der Waals surface area (Å²) >= 11 is 5.53. The van der Waals surface area contributed by atoms with Crippen molar-refractivity contribution in [1.82, 2.24) is 0 Å². The summed E-state index contributed by atoms with van der Waals surface area (Å²) in [5, 5.41) is 0. The summed E-state index contributed by atoms with van der Waals surface area (Å²) < 4.78 is 0. The van der Waals surface area contributed by atoms with Crippen molar-refractivity contribution in [2.75, 3.05) is 0 Å². The molecule has 0 amide bonds. The molecule has 132 valence electrons. The van der Waals surface area contributed by atoms with Crippen LogP contribution >= 0.6 is 12.2 Å². The molecule has 0 heterocycles. The number of hydrogen-bond acceptors (Lipinski definition) is 1. The highest BCUT2D eigenvalue weighted by atomic mass is 32.1. The zero-order valence-corrected chi connectivity index (χ0v) is 16.9. The van der Waals surface area contributed by atoms with Gasteiger partial charge in [-0.3, -0.25) is 0 Å². The molecular weight excluding hydrogens is 284 g/mol. The average molecular weight is 327 g/mol. The van der Waals surface area contributed by atoms with Crippen LogP contribution in [0.1, 0.15) is 112 Å². The molecule has 0 rings (SSSR count). The number of rotatable bonds is 15. The van der Waals surface area contributed by atoms with E-state index in [0.29, 0.717) is 5.92 Å². The summed E-state index contributed by atoms with van der Waals surface area (Å²) in [6, 6.07) is 0. The van der Waals surface area contributed by atoms with Crippen LogP contribution in [0.25, 0.3) is 0 Å². The van der Waals surface area contributed by atoms with E-state index < -0.39 is 0 Å². The van der Waals surface area contributed by atoms with Gasteiger partial charge in [-0.2, -0.15) is 0 Å². The molecule has 0 radical (unpaired) electrons. The fourth-order valence-electron chi connectivity index (χ4n) is 3.27. The molecule has 0 aliphatic heterocycles. The molecule has 0 N–H and O–H groups in total. The normalized spacial score (nSPS) is 13.0. The summed E-state index contributed by atoms with van der Waals surface area (Å²) in [7, 11) is 0. The average Bonchev–Trinajstić information content (AvgIpc) is 2.50. The molecular formula is C21H42S. The first-order valence-corrected chi connectivity index (χ1v) is 10.5. The second-order valence-electron chi connectivity index (χ2n) is 7.60. The first-order valence-electron chi connectivity index (χ1n) is 10.1. The third-order valence-corrected chi connectivity index (χ3v) is 5.83. The Morgan fingerprint density at radius 3 is 1.64 bits per heavy atom. The highest BCUT2D eigenvalue weighted by Gasteiger charge is 2.17. The predicted molar refractivity (Wildman–Crippen MR) is 107 cm³/mol. The highest BCUT2D eigenvalue weighted by Crippen LogP contribution is 2.29. The zero-order chi connectivity index (χ0) is 16.8. The summed E-state index contributed by atoms with van der Waals surface area (Å²) in [5.41, 5.74) is 0. The molecule has 0 saturated heterocycles. The minimum Gasteiger partial charge on any atom is -0.0894 e. The van der Waals surface area contributed by atoms with Gasteiger partial charge in [0.1, 0.15) is 0 Å². The van der Waals surface area contributed by atoms with Gasteiger partial charge in [0, 0.05) is 0 Å². The van der Waals surface area contributed by atoms with Crippen LogP contribution in [0, 0.1) is 17.8 Å². The standard InChI is InChI=1S/C21H42S/c1-6-8-10-12-14-20(15-13-11-9-7-2)19(5)16-17-21(22)18(3)4/h18-20H,6-17H2,1-5H3/t19-/m1/s1. The lowest BCUT2D eigenvalue weighted by molar-refractivity contribution is 0.284. The van der Waals surface area contributed by atoms with Crippen molar-refractivity contribution in [3.63, 3.8) is 0 Å². The molecule has 0 aliphatic carbocycles. The van der Waals surface area contributed by atoms with Crippen LogP contribution < -0.4 is 0 Å². The number of hydrogen-bond donors (Lipinski definition) is 0. The van der Waals surface area contributed by atoms with Gasteiger partial charge in [0.2, 0.25) is 0 Å². The SMILES string of the molecule is CCCCCCC(CCCCCC)[C@H](C)CCC(=S)C(C)C. The monoisotopic (exact) mass is 326 g/mol. The molecule has 0 spiro atoms. The predicted octanol–water partition coefficient (Wildman–Crippen LogP) is 7.99. The Morgan fingerprint density at radius 2 is 1.23 bits per heavy atom. The van der Waals surface area contributed by atoms with Crippen molar-refractivity contribution in [2.24, 2.45) is 17.8 Å². The molecule has 0 nitrogen and oxygen atoms in total. The minimum atomic E-state index is 0.578. The molecule has 0 aromatic carbocycles. The van der Waals surface area contributed by atoms with Crippen LogP contribution in [0.2, 0.25) is 0 Å². The largest absolute Gasteiger partial charge is 0.0894 e. The van der Waals surface area contributed by atoms with E-state index in [4.69, 9.17) is 12.2 Å². The van der Waals surface area contributed by atoms with Crippen LogP contribution in [0.3, 0.4) is 0 Å². The number of unbranched alkanes of at least 4 members (excludes halogenated alkanes) is 6. The maximum Gasteiger partial charge on any atom is -0.00460 e. The quantitative estimate of drug-likeness (QED) is 0.217. The Balaban J connectivity index is 4.18. The molecule has 1 heteroatoms. The Hall–Kier alpha value is 0.0900. The van der Waals surface area contributed by atoms with Gasteiger partial charge in [0.05, 0.1) is 0 Å². The van der Waals surface area contributed by atoms with Gasteiger partial charge in [-0.15, -0.1) is 0 Å². The van der Waals surface area contributed by atoms with E-state index in [-0.39, 0.29) is 0 Å².